The maximum absolute atomic E-state index is 13.4. The van der Waals surface area contributed by atoms with Crippen LogP contribution in [0.25, 0.3) is 6.08 Å². The summed E-state index contributed by atoms with van der Waals surface area (Å²) in [4.78, 5) is 39.7. The molecule has 9 nitrogen and oxygen atoms in total. The number of amides is 4. The van der Waals surface area contributed by atoms with Crippen molar-refractivity contribution in [3.8, 4) is 35.3 Å². The molecule has 1 N–H and O–H groups in total. The SMILES string of the molecule is C#CCOc1c(CC=C)cc(/C=C2\C(=O)NC(=O)N(Cc3ccc(OCCC)c(OCC)c3)C2=O)cc1OC. The summed E-state index contributed by atoms with van der Waals surface area (Å²) in [7, 11) is 1.47. The summed E-state index contributed by atoms with van der Waals surface area (Å²) in [5, 5.41) is 2.25. The molecular weight excluding hydrogens is 500 g/mol. The van der Waals surface area contributed by atoms with Gasteiger partial charge < -0.3 is 18.9 Å². The summed E-state index contributed by atoms with van der Waals surface area (Å²) in [5.74, 6) is 2.80. The van der Waals surface area contributed by atoms with Gasteiger partial charge in [-0.2, -0.15) is 0 Å². The minimum Gasteiger partial charge on any atom is -0.493 e. The second-order valence-electron chi connectivity index (χ2n) is 8.47. The average Bonchev–Trinajstić information content (AvgIpc) is 2.92. The number of urea groups is 1. The van der Waals surface area contributed by atoms with Crippen LogP contribution in [0.3, 0.4) is 0 Å². The van der Waals surface area contributed by atoms with Gasteiger partial charge in [0.25, 0.3) is 11.8 Å². The summed E-state index contributed by atoms with van der Waals surface area (Å²) in [6, 6.07) is 7.76. The van der Waals surface area contributed by atoms with Gasteiger partial charge in [-0.15, -0.1) is 13.0 Å². The van der Waals surface area contributed by atoms with E-state index < -0.39 is 17.8 Å². The van der Waals surface area contributed by atoms with E-state index >= 15 is 0 Å². The Morgan fingerprint density at radius 2 is 1.85 bits per heavy atom. The van der Waals surface area contributed by atoms with Crippen LogP contribution in [0.15, 0.2) is 48.6 Å². The minimum atomic E-state index is -0.811. The molecule has 0 radical (unpaired) electrons. The summed E-state index contributed by atoms with van der Waals surface area (Å²) in [6.07, 6.45) is 9.69. The molecule has 0 aromatic heterocycles. The van der Waals surface area contributed by atoms with Gasteiger partial charge in [0.1, 0.15) is 12.2 Å². The van der Waals surface area contributed by atoms with Crippen molar-refractivity contribution in [2.24, 2.45) is 0 Å². The van der Waals surface area contributed by atoms with E-state index in [0.29, 0.717) is 59.3 Å². The maximum Gasteiger partial charge on any atom is 0.331 e. The molecule has 0 saturated carbocycles. The Bertz CT molecular complexity index is 1320. The number of hydrogen-bond acceptors (Lipinski definition) is 7. The second-order valence-corrected chi connectivity index (χ2v) is 8.47. The zero-order chi connectivity index (χ0) is 28.4. The van der Waals surface area contributed by atoms with E-state index in [2.05, 4.69) is 17.8 Å². The molecule has 0 aliphatic carbocycles. The number of terminal acetylenes is 1. The van der Waals surface area contributed by atoms with Gasteiger partial charge in [-0.25, -0.2) is 4.79 Å². The fourth-order valence-electron chi connectivity index (χ4n) is 3.94. The van der Waals surface area contributed by atoms with E-state index in [9.17, 15) is 14.4 Å². The molecule has 2 aromatic carbocycles. The third-order valence-corrected chi connectivity index (χ3v) is 5.65. The van der Waals surface area contributed by atoms with Gasteiger partial charge in [-0.3, -0.25) is 19.8 Å². The smallest absolute Gasteiger partial charge is 0.331 e. The van der Waals surface area contributed by atoms with E-state index in [4.69, 9.17) is 25.4 Å². The Morgan fingerprint density at radius 3 is 2.51 bits per heavy atom. The van der Waals surface area contributed by atoms with Crippen LogP contribution < -0.4 is 24.3 Å². The fourth-order valence-corrected chi connectivity index (χ4v) is 3.94. The van der Waals surface area contributed by atoms with Gasteiger partial charge >= 0.3 is 6.03 Å². The van der Waals surface area contributed by atoms with Crippen LogP contribution in [0.2, 0.25) is 0 Å². The molecule has 3 rings (SSSR count). The Balaban J connectivity index is 1.95. The molecule has 0 bridgehead atoms. The summed E-state index contributed by atoms with van der Waals surface area (Å²) >= 11 is 0. The molecule has 204 valence electrons. The summed E-state index contributed by atoms with van der Waals surface area (Å²) < 4.78 is 22.5. The highest BCUT2D eigenvalue weighted by Crippen LogP contribution is 2.35. The Morgan fingerprint density at radius 1 is 1.05 bits per heavy atom. The lowest BCUT2D eigenvalue weighted by Gasteiger charge is -2.27. The third kappa shape index (κ3) is 6.99. The van der Waals surface area contributed by atoms with E-state index in [1.165, 1.54) is 13.2 Å². The molecule has 1 aliphatic heterocycles. The lowest BCUT2D eigenvalue weighted by molar-refractivity contribution is -0.130. The van der Waals surface area contributed by atoms with Crippen molar-refractivity contribution in [2.75, 3.05) is 26.9 Å². The fraction of sp³-hybridized carbons (Fsp3) is 0.300. The minimum absolute atomic E-state index is 0.0373. The normalized spacial score (nSPS) is 14.1. The third-order valence-electron chi connectivity index (χ3n) is 5.65. The molecule has 2 aromatic rings. The number of carbonyl (C=O) groups is 3. The van der Waals surface area contributed by atoms with Crippen molar-refractivity contribution in [1.29, 1.82) is 0 Å². The molecule has 0 atom stereocenters. The Hall–Kier alpha value is -4.71. The van der Waals surface area contributed by atoms with Gasteiger partial charge in [0, 0.05) is 5.56 Å². The Kier molecular flexibility index (Phi) is 10.2. The van der Waals surface area contributed by atoms with E-state index in [0.717, 1.165) is 11.3 Å². The highest BCUT2D eigenvalue weighted by molar-refractivity contribution is 6.31. The van der Waals surface area contributed by atoms with Crippen LogP contribution in [0.1, 0.15) is 37.0 Å². The zero-order valence-corrected chi connectivity index (χ0v) is 22.4. The van der Waals surface area contributed by atoms with Crippen molar-refractivity contribution in [3.63, 3.8) is 0 Å². The van der Waals surface area contributed by atoms with Gasteiger partial charge in [0.05, 0.1) is 26.9 Å². The van der Waals surface area contributed by atoms with Gasteiger partial charge in [0.15, 0.2) is 23.0 Å². The van der Waals surface area contributed by atoms with E-state index in [1.54, 1.807) is 36.4 Å². The first kappa shape index (κ1) is 28.9. The monoisotopic (exact) mass is 532 g/mol. The highest BCUT2D eigenvalue weighted by atomic mass is 16.5. The first-order chi connectivity index (χ1) is 18.9. The number of methoxy groups -OCH3 is 1. The molecule has 1 saturated heterocycles. The zero-order valence-electron chi connectivity index (χ0n) is 22.4. The number of carbonyl (C=O) groups excluding carboxylic acids is 3. The number of benzene rings is 2. The topological polar surface area (TPSA) is 103 Å². The number of nitrogens with one attached hydrogen (secondary N) is 1. The van der Waals surface area contributed by atoms with Gasteiger partial charge in [-0.05, 0) is 61.2 Å². The van der Waals surface area contributed by atoms with Crippen LogP contribution in [0.5, 0.6) is 23.0 Å². The summed E-state index contributed by atoms with van der Waals surface area (Å²) in [5.41, 5.74) is 1.63. The summed E-state index contributed by atoms with van der Waals surface area (Å²) in [6.45, 7) is 8.52. The van der Waals surface area contributed by atoms with Crippen molar-refractivity contribution in [1.82, 2.24) is 10.2 Å². The van der Waals surface area contributed by atoms with Crippen molar-refractivity contribution >= 4 is 23.9 Å². The molecular formula is C30H32N2O7. The number of allylic oxidation sites excluding steroid dienone is 1. The second kappa shape index (κ2) is 13.7. The maximum atomic E-state index is 13.4. The highest BCUT2D eigenvalue weighted by Gasteiger charge is 2.36. The van der Waals surface area contributed by atoms with Crippen molar-refractivity contribution < 1.29 is 33.3 Å². The van der Waals surface area contributed by atoms with Gasteiger partial charge in [-0.1, -0.05) is 25.0 Å². The van der Waals surface area contributed by atoms with Gasteiger partial charge in [0.2, 0.25) is 0 Å². The first-order valence-corrected chi connectivity index (χ1v) is 12.5. The number of imide groups is 2. The number of hydrogen-bond donors (Lipinski definition) is 1. The van der Waals surface area contributed by atoms with Crippen LogP contribution in [-0.4, -0.2) is 49.7 Å². The van der Waals surface area contributed by atoms with Crippen LogP contribution in [0.4, 0.5) is 4.79 Å². The lowest BCUT2D eigenvalue weighted by atomic mass is 10.0. The van der Waals surface area contributed by atoms with Crippen LogP contribution in [0, 0.1) is 12.3 Å². The molecule has 4 amide bonds. The quantitative estimate of drug-likeness (QED) is 0.178. The van der Waals surface area contributed by atoms with Crippen molar-refractivity contribution in [3.05, 3.63) is 65.3 Å². The first-order valence-electron chi connectivity index (χ1n) is 12.5. The molecule has 1 heterocycles. The molecule has 9 heteroatoms. The van der Waals surface area contributed by atoms with Crippen LogP contribution >= 0.6 is 0 Å². The number of nitrogens with zero attached hydrogens (tertiary/aromatic N) is 1. The predicted octanol–water partition coefficient (Wildman–Crippen LogP) is 4.29. The Labute approximate surface area is 228 Å². The molecule has 1 aliphatic rings. The molecule has 39 heavy (non-hydrogen) atoms. The largest absolute Gasteiger partial charge is 0.493 e. The average molecular weight is 533 g/mol. The molecule has 0 unspecified atom stereocenters. The number of barbiturate groups is 1. The lowest BCUT2D eigenvalue weighted by Crippen LogP contribution is -2.53. The van der Waals surface area contributed by atoms with Crippen LogP contribution in [-0.2, 0) is 22.6 Å². The molecule has 0 spiro atoms. The van der Waals surface area contributed by atoms with E-state index in [1.807, 2.05) is 13.8 Å². The standard InChI is InChI=1S/C30H32N2O7/c1-6-10-22-15-21(18-26(36-5)27(22)39-14-8-3)16-23-28(33)31-30(35)32(29(23)34)19-20-11-12-24(38-13-7-2)25(17-20)37-9-4/h3,6,11-12,15-18H,1,7,9-10,13-14,19H2,2,4-5H3,(H,31,33,35)/b23-16+. The van der Waals surface area contributed by atoms with Crippen molar-refractivity contribution in [2.45, 2.75) is 33.2 Å². The number of rotatable bonds is 13. The molecule has 1 fully saturated rings. The predicted molar refractivity (Wildman–Crippen MR) is 147 cm³/mol. The number of ether oxygens (including phenoxy) is 4. The van der Waals surface area contributed by atoms with E-state index in [-0.39, 0.29) is 18.7 Å².